The second kappa shape index (κ2) is 4.41. The minimum atomic E-state index is 0.547. The topological polar surface area (TPSA) is 50.5 Å². The van der Waals surface area contributed by atoms with E-state index in [2.05, 4.69) is 20.4 Å². The van der Waals surface area contributed by atoms with Crippen LogP contribution in [0.15, 0.2) is 53.0 Å². The highest BCUT2D eigenvalue weighted by Crippen LogP contribution is 2.21. The SMILES string of the molecule is CC=CN=Nc1nncc2ccccc12. The molecule has 0 amide bonds. The standard InChI is InChI=1S/C11H10N4/c1-2-7-12-14-11-10-6-4-3-5-9(10)8-13-15-11/h2-8H,1H3. The molecular weight excluding hydrogens is 188 g/mol. The first-order valence-electron chi connectivity index (χ1n) is 4.64. The predicted molar refractivity (Wildman–Crippen MR) is 58.9 cm³/mol. The van der Waals surface area contributed by atoms with Crippen LogP contribution >= 0.6 is 0 Å². The molecule has 0 N–H and O–H groups in total. The number of rotatable bonds is 2. The molecule has 0 saturated carbocycles. The zero-order chi connectivity index (χ0) is 10.5. The number of hydrogen-bond acceptors (Lipinski definition) is 4. The molecule has 15 heavy (non-hydrogen) atoms. The van der Waals surface area contributed by atoms with Gasteiger partial charge in [0.15, 0.2) is 0 Å². The van der Waals surface area contributed by atoms with Gasteiger partial charge in [-0.15, -0.1) is 10.2 Å². The van der Waals surface area contributed by atoms with Gasteiger partial charge < -0.3 is 0 Å². The fourth-order valence-electron chi connectivity index (χ4n) is 1.24. The highest BCUT2D eigenvalue weighted by atomic mass is 15.2. The van der Waals surface area contributed by atoms with E-state index in [1.165, 1.54) is 0 Å². The van der Waals surface area contributed by atoms with E-state index in [1.807, 2.05) is 37.3 Å². The van der Waals surface area contributed by atoms with Gasteiger partial charge in [-0.25, -0.2) is 0 Å². The molecule has 1 aromatic heterocycles. The van der Waals surface area contributed by atoms with Gasteiger partial charge in [-0.1, -0.05) is 30.3 Å². The molecule has 0 aliphatic heterocycles. The summed E-state index contributed by atoms with van der Waals surface area (Å²) in [6, 6.07) is 7.82. The maximum Gasteiger partial charge on any atom is 0.204 e. The minimum Gasteiger partial charge on any atom is -0.157 e. The number of aromatic nitrogens is 2. The Balaban J connectivity index is 2.51. The van der Waals surface area contributed by atoms with Crippen molar-refractivity contribution in [1.82, 2.24) is 10.2 Å². The lowest BCUT2D eigenvalue weighted by atomic mass is 10.2. The lowest BCUT2D eigenvalue weighted by Gasteiger charge is -1.96. The van der Waals surface area contributed by atoms with Crippen LogP contribution in [0.25, 0.3) is 10.8 Å². The van der Waals surface area contributed by atoms with Gasteiger partial charge in [0.05, 0.1) is 6.20 Å². The van der Waals surface area contributed by atoms with E-state index in [9.17, 15) is 0 Å². The third-order valence-electron chi connectivity index (χ3n) is 1.92. The van der Waals surface area contributed by atoms with Crippen LogP contribution in [0.1, 0.15) is 6.92 Å². The van der Waals surface area contributed by atoms with E-state index in [-0.39, 0.29) is 0 Å². The summed E-state index contributed by atoms with van der Waals surface area (Å²) in [4.78, 5) is 0. The molecule has 4 heteroatoms. The molecular formula is C11H10N4. The zero-order valence-electron chi connectivity index (χ0n) is 8.33. The normalized spacial score (nSPS) is 11.8. The molecule has 0 atom stereocenters. The Morgan fingerprint density at radius 1 is 1.27 bits per heavy atom. The Morgan fingerprint density at radius 3 is 3.00 bits per heavy atom. The molecule has 0 aliphatic carbocycles. The first-order chi connectivity index (χ1) is 7.42. The van der Waals surface area contributed by atoms with Crippen LogP contribution in [0.3, 0.4) is 0 Å². The van der Waals surface area contributed by atoms with Crippen molar-refractivity contribution in [3.63, 3.8) is 0 Å². The smallest absolute Gasteiger partial charge is 0.157 e. The van der Waals surface area contributed by atoms with Crippen molar-refractivity contribution in [2.75, 3.05) is 0 Å². The van der Waals surface area contributed by atoms with Gasteiger partial charge in [0, 0.05) is 17.0 Å². The van der Waals surface area contributed by atoms with Crippen molar-refractivity contribution in [3.8, 4) is 0 Å². The van der Waals surface area contributed by atoms with Gasteiger partial charge in [-0.05, 0) is 6.92 Å². The van der Waals surface area contributed by atoms with Crippen molar-refractivity contribution >= 4 is 16.6 Å². The van der Waals surface area contributed by atoms with E-state index >= 15 is 0 Å². The average Bonchev–Trinajstić information content (AvgIpc) is 2.30. The minimum absolute atomic E-state index is 0.547. The quantitative estimate of drug-likeness (QED) is 0.695. The highest BCUT2D eigenvalue weighted by Gasteiger charge is 1.99. The van der Waals surface area contributed by atoms with E-state index < -0.39 is 0 Å². The van der Waals surface area contributed by atoms with E-state index in [1.54, 1.807) is 12.4 Å². The fourth-order valence-corrected chi connectivity index (χ4v) is 1.24. The van der Waals surface area contributed by atoms with Crippen LogP contribution in [0, 0.1) is 0 Å². The molecule has 0 saturated heterocycles. The number of benzene rings is 1. The Hall–Kier alpha value is -2.10. The number of hydrogen-bond donors (Lipinski definition) is 0. The molecule has 2 rings (SSSR count). The lowest BCUT2D eigenvalue weighted by Crippen LogP contribution is -1.81. The van der Waals surface area contributed by atoms with Gasteiger partial charge in [-0.2, -0.15) is 10.2 Å². The van der Waals surface area contributed by atoms with Crippen LogP contribution in [-0.2, 0) is 0 Å². The molecule has 0 spiro atoms. The summed E-state index contributed by atoms with van der Waals surface area (Å²) in [5, 5.41) is 17.6. The van der Waals surface area contributed by atoms with Gasteiger partial charge in [0.2, 0.25) is 5.82 Å². The number of nitrogens with zero attached hydrogens (tertiary/aromatic N) is 4. The van der Waals surface area contributed by atoms with Gasteiger partial charge in [0.1, 0.15) is 0 Å². The molecule has 1 aromatic carbocycles. The summed E-state index contributed by atoms with van der Waals surface area (Å²) in [5.41, 5.74) is 0. The van der Waals surface area contributed by atoms with Crippen LogP contribution < -0.4 is 0 Å². The van der Waals surface area contributed by atoms with Crippen molar-refractivity contribution in [2.24, 2.45) is 10.2 Å². The van der Waals surface area contributed by atoms with Gasteiger partial charge in [-0.3, -0.25) is 0 Å². The number of allylic oxidation sites excluding steroid dienone is 1. The van der Waals surface area contributed by atoms with Crippen molar-refractivity contribution in [2.45, 2.75) is 6.92 Å². The maximum atomic E-state index is 3.99. The molecule has 0 aliphatic rings. The van der Waals surface area contributed by atoms with E-state index in [0.29, 0.717) is 5.82 Å². The average molecular weight is 198 g/mol. The summed E-state index contributed by atoms with van der Waals surface area (Å²) < 4.78 is 0. The summed E-state index contributed by atoms with van der Waals surface area (Å²) in [6.07, 6.45) is 5.13. The summed E-state index contributed by atoms with van der Waals surface area (Å²) in [6.45, 7) is 1.88. The highest BCUT2D eigenvalue weighted by molar-refractivity contribution is 5.89. The van der Waals surface area contributed by atoms with E-state index in [4.69, 9.17) is 0 Å². The van der Waals surface area contributed by atoms with Gasteiger partial charge >= 0.3 is 0 Å². The predicted octanol–water partition coefficient (Wildman–Crippen LogP) is 3.25. The molecule has 0 radical (unpaired) electrons. The molecule has 2 aromatic rings. The van der Waals surface area contributed by atoms with Crippen LogP contribution in [0.5, 0.6) is 0 Å². The molecule has 74 valence electrons. The third kappa shape index (κ3) is 2.04. The van der Waals surface area contributed by atoms with Crippen LogP contribution in [0.4, 0.5) is 5.82 Å². The van der Waals surface area contributed by atoms with Crippen molar-refractivity contribution in [3.05, 3.63) is 42.7 Å². The summed E-state index contributed by atoms with van der Waals surface area (Å²) in [5.74, 6) is 0.547. The van der Waals surface area contributed by atoms with Crippen LogP contribution in [-0.4, -0.2) is 10.2 Å². The maximum absolute atomic E-state index is 3.99. The lowest BCUT2D eigenvalue weighted by molar-refractivity contribution is 1.02. The molecule has 4 nitrogen and oxygen atoms in total. The third-order valence-corrected chi connectivity index (χ3v) is 1.92. The first-order valence-corrected chi connectivity index (χ1v) is 4.64. The zero-order valence-corrected chi connectivity index (χ0v) is 8.33. The van der Waals surface area contributed by atoms with Crippen LogP contribution in [0.2, 0.25) is 0 Å². The van der Waals surface area contributed by atoms with Crippen molar-refractivity contribution < 1.29 is 0 Å². The molecule has 0 unspecified atom stereocenters. The Kier molecular flexibility index (Phi) is 2.78. The fraction of sp³-hybridized carbons (Fsp3) is 0.0909. The van der Waals surface area contributed by atoms with Crippen molar-refractivity contribution in [1.29, 1.82) is 0 Å². The Bertz CT molecular complexity index is 511. The molecule has 0 fully saturated rings. The Morgan fingerprint density at radius 2 is 2.13 bits per heavy atom. The second-order valence-corrected chi connectivity index (χ2v) is 2.95. The molecule has 0 bridgehead atoms. The summed E-state index contributed by atoms with van der Waals surface area (Å²) >= 11 is 0. The largest absolute Gasteiger partial charge is 0.204 e. The Labute approximate surface area is 87.4 Å². The molecule has 1 heterocycles. The monoisotopic (exact) mass is 198 g/mol. The summed E-state index contributed by atoms with van der Waals surface area (Å²) in [7, 11) is 0. The number of azo groups is 1. The number of fused-ring (bicyclic) bond motifs is 1. The first kappa shape index (κ1) is 9.45. The van der Waals surface area contributed by atoms with E-state index in [0.717, 1.165) is 10.8 Å². The van der Waals surface area contributed by atoms with Gasteiger partial charge in [0.25, 0.3) is 0 Å². The second-order valence-electron chi connectivity index (χ2n) is 2.95.